The van der Waals surface area contributed by atoms with Gasteiger partial charge in [-0.15, -0.1) is 0 Å². The predicted octanol–water partition coefficient (Wildman–Crippen LogP) is 2.62. The molecule has 1 heterocycles. The standard InChI is InChI=1S/C12H10O.C8H8O4.2Na.2H/c13-12-9-5-4-8-11(12)10-6-2-1-3-7-10;1-4-3-6(10)7(5(2)9)8(11)12-4;;;;/h1-9,13H;3,10H,1-2H3;;;;. The maximum absolute atomic E-state index is 11.0. The van der Waals surface area contributed by atoms with Crippen LogP contribution in [0.3, 0.4) is 0 Å². The van der Waals surface area contributed by atoms with Crippen LogP contribution in [0.2, 0.25) is 0 Å². The van der Waals surface area contributed by atoms with Gasteiger partial charge in [0.15, 0.2) is 5.78 Å². The number of rotatable bonds is 2. The second-order valence-electron chi connectivity index (χ2n) is 5.34. The first-order valence-corrected chi connectivity index (χ1v) is 7.58. The summed E-state index contributed by atoms with van der Waals surface area (Å²) in [5.74, 6) is -0.214. The molecule has 0 saturated carbocycles. The van der Waals surface area contributed by atoms with E-state index in [1.807, 2.05) is 48.5 Å². The van der Waals surface area contributed by atoms with Crippen LogP contribution in [-0.2, 0) is 0 Å². The molecule has 132 valence electrons. The van der Waals surface area contributed by atoms with Crippen molar-refractivity contribution < 1.29 is 19.4 Å². The quantitative estimate of drug-likeness (QED) is 0.522. The molecule has 0 radical (unpaired) electrons. The monoisotopic (exact) mass is 386 g/mol. The SMILES string of the molecule is CC(=O)c1c(O)cc(C)oc1=O.Oc1ccccc1-c1ccccc1.[NaH].[NaH]. The van der Waals surface area contributed by atoms with Gasteiger partial charge in [-0.2, -0.15) is 0 Å². The molecule has 0 amide bonds. The van der Waals surface area contributed by atoms with Crippen LogP contribution in [0.25, 0.3) is 11.1 Å². The Morgan fingerprint density at radius 2 is 1.44 bits per heavy atom. The Bertz CT molecular complexity index is 937. The minimum atomic E-state index is -0.792. The number of para-hydroxylation sites is 1. The van der Waals surface area contributed by atoms with E-state index in [1.165, 1.54) is 19.9 Å². The molecule has 0 aliphatic heterocycles. The van der Waals surface area contributed by atoms with E-state index in [0.29, 0.717) is 5.75 Å². The Morgan fingerprint density at radius 3 is 1.96 bits per heavy atom. The predicted molar refractivity (Wildman–Crippen MR) is 109 cm³/mol. The Balaban J connectivity index is 0.000000468. The summed E-state index contributed by atoms with van der Waals surface area (Å²) in [5.41, 5.74) is 0.837. The molecule has 0 aliphatic rings. The van der Waals surface area contributed by atoms with Crippen molar-refractivity contribution in [1.29, 1.82) is 0 Å². The van der Waals surface area contributed by atoms with Crippen molar-refractivity contribution in [3.63, 3.8) is 0 Å². The zero-order chi connectivity index (χ0) is 18.4. The van der Waals surface area contributed by atoms with Gasteiger partial charge in [-0.3, -0.25) is 4.79 Å². The van der Waals surface area contributed by atoms with Crippen molar-refractivity contribution in [2.45, 2.75) is 13.8 Å². The van der Waals surface area contributed by atoms with Gasteiger partial charge in [0, 0.05) is 11.6 Å². The Kier molecular flexibility index (Phi) is 11.6. The molecule has 0 atom stereocenters. The van der Waals surface area contributed by atoms with Gasteiger partial charge >= 0.3 is 64.7 Å². The normalized spacial score (nSPS) is 9.11. The number of Topliss-reactive ketones (excluding diaryl/α,β-unsaturated/α-hetero) is 1. The van der Waals surface area contributed by atoms with Crippen molar-refractivity contribution in [1.82, 2.24) is 0 Å². The number of aromatic hydroxyl groups is 2. The van der Waals surface area contributed by atoms with Crippen LogP contribution < -0.4 is 5.63 Å². The second kappa shape index (κ2) is 12.2. The molecular weight excluding hydrogens is 366 g/mol. The van der Waals surface area contributed by atoms with Crippen LogP contribution >= 0.6 is 0 Å². The zero-order valence-corrected chi connectivity index (χ0v) is 13.9. The van der Waals surface area contributed by atoms with Gasteiger partial charge in [0.05, 0.1) is 0 Å². The Hall–Kier alpha value is -1.34. The van der Waals surface area contributed by atoms with Crippen LogP contribution in [0.5, 0.6) is 11.5 Å². The zero-order valence-electron chi connectivity index (χ0n) is 13.9. The first-order chi connectivity index (χ1) is 11.9. The molecule has 0 saturated heterocycles. The molecule has 3 aromatic rings. The van der Waals surface area contributed by atoms with Crippen molar-refractivity contribution in [2.75, 3.05) is 0 Å². The second-order valence-corrected chi connectivity index (χ2v) is 5.34. The van der Waals surface area contributed by atoms with E-state index >= 15 is 0 Å². The number of phenols is 1. The first-order valence-electron chi connectivity index (χ1n) is 7.58. The molecule has 5 nitrogen and oxygen atoms in total. The fraction of sp³-hybridized carbons (Fsp3) is 0.100. The summed E-state index contributed by atoms with van der Waals surface area (Å²) >= 11 is 0. The van der Waals surface area contributed by atoms with E-state index < -0.39 is 11.4 Å². The van der Waals surface area contributed by atoms with Crippen LogP contribution in [0.4, 0.5) is 0 Å². The summed E-state index contributed by atoms with van der Waals surface area (Å²) in [6.07, 6.45) is 0. The summed E-state index contributed by atoms with van der Waals surface area (Å²) < 4.78 is 4.61. The summed E-state index contributed by atoms with van der Waals surface area (Å²) in [6.45, 7) is 2.71. The third kappa shape index (κ3) is 7.30. The van der Waals surface area contributed by atoms with Gasteiger partial charge in [-0.1, -0.05) is 48.5 Å². The van der Waals surface area contributed by atoms with Crippen LogP contribution in [0.15, 0.2) is 69.9 Å². The van der Waals surface area contributed by atoms with Gasteiger partial charge in [-0.25, -0.2) is 4.79 Å². The van der Waals surface area contributed by atoms with Gasteiger partial charge in [0.1, 0.15) is 22.8 Å². The number of phenolic OH excluding ortho intramolecular Hbond substituents is 1. The fourth-order valence-corrected chi connectivity index (χ4v) is 2.26. The van der Waals surface area contributed by atoms with Crippen molar-refractivity contribution in [3.05, 3.63) is 82.4 Å². The van der Waals surface area contributed by atoms with E-state index in [9.17, 15) is 14.7 Å². The molecular formula is C20H20Na2O5. The first kappa shape index (κ1) is 25.7. The number of aryl methyl sites for hydroxylation is 1. The number of carbonyl (C=O) groups is 1. The molecule has 0 bridgehead atoms. The average molecular weight is 386 g/mol. The van der Waals surface area contributed by atoms with E-state index in [1.54, 1.807) is 6.07 Å². The molecule has 2 aromatic carbocycles. The van der Waals surface area contributed by atoms with Crippen LogP contribution in [-0.4, -0.2) is 75.1 Å². The number of hydrogen-bond acceptors (Lipinski definition) is 5. The van der Waals surface area contributed by atoms with Gasteiger partial charge in [-0.05, 0) is 25.5 Å². The van der Waals surface area contributed by atoms with E-state index in [0.717, 1.165) is 11.1 Å². The molecule has 0 unspecified atom stereocenters. The number of carbonyl (C=O) groups excluding carboxylic acids is 1. The van der Waals surface area contributed by atoms with E-state index in [2.05, 4.69) is 4.42 Å². The summed E-state index contributed by atoms with van der Waals surface area (Å²) in [5, 5.41) is 18.7. The third-order valence-corrected chi connectivity index (χ3v) is 3.39. The molecule has 27 heavy (non-hydrogen) atoms. The molecule has 2 N–H and O–H groups in total. The van der Waals surface area contributed by atoms with E-state index in [-0.39, 0.29) is 76.2 Å². The Morgan fingerprint density at radius 1 is 0.889 bits per heavy atom. The molecule has 3 rings (SSSR count). The molecule has 0 aliphatic carbocycles. The van der Waals surface area contributed by atoms with E-state index in [4.69, 9.17) is 5.11 Å². The summed E-state index contributed by atoms with van der Waals surface area (Å²) in [4.78, 5) is 21.7. The van der Waals surface area contributed by atoms with Crippen molar-refractivity contribution >= 4 is 64.9 Å². The topological polar surface area (TPSA) is 87.7 Å². The van der Waals surface area contributed by atoms with Crippen LogP contribution in [0.1, 0.15) is 23.0 Å². The molecule has 1 aromatic heterocycles. The van der Waals surface area contributed by atoms with Gasteiger partial charge in [0.2, 0.25) is 0 Å². The summed E-state index contributed by atoms with van der Waals surface area (Å²) in [7, 11) is 0. The average Bonchev–Trinajstić information content (AvgIpc) is 2.55. The molecule has 7 heteroatoms. The molecule has 0 fully saturated rings. The van der Waals surface area contributed by atoms with Crippen LogP contribution in [0, 0.1) is 6.92 Å². The maximum atomic E-state index is 11.0. The fourth-order valence-electron chi connectivity index (χ4n) is 2.26. The number of hydrogen-bond donors (Lipinski definition) is 2. The number of benzene rings is 2. The minimum absolute atomic E-state index is 0. The molecule has 0 spiro atoms. The Labute approximate surface area is 201 Å². The van der Waals surface area contributed by atoms with Crippen molar-refractivity contribution in [2.24, 2.45) is 0 Å². The van der Waals surface area contributed by atoms with Gasteiger partial charge < -0.3 is 14.6 Å². The van der Waals surface area contributed by atoms with Crippen molar-refractivity contribution in [3.8, 4) is 22.6 Å². The number of ketones is 1. The third-order valence-electron chi connectivity index (χ3n) is 3.39. The van der Waals surface area contributed by atoms with Gasteiger partial charge in [0.25, 0.3) is 0 Å². The summed E-state index contributed by atoms with van der Waals surface area (Å²) in [6, 6.07) is 18.4.